The van der Waals surface area contributed by atoms with Crippen LogP contribution in [0.3, 0.4) is 0 Å². The molecule has 0 aliphatic carbocycles. The van der Waals surface area contributed by atoms with E-state index in [0.717, 1.165) is 43.4 Å². The van der Waals surface area contributed by atoms with Crippen LogP contribution in [-0.2, 0) is 0 Å². The topological polar surface area (TPSA) is 23.6 Å². The molecule has 1 aliphatic rings. The summed E-state index contributed by atoms with van der Waals surface area (Å²) in [6.07, 6.45) is 4.01. The van der Waals surface area contributed by atoms with Crippen LogP contribution >= 0.6 is 0 Å². The van der Waals surface area contributed by atoms with E-state index in [4.69, 9.17) is 0 Å². The van der Waals surface area contributed by atoms with Crippen LogP contribution in [0.5, 0.6) is 0 Å². The molecule has 0 N–H and O–H groups in total. The van der Waals surface area contributed by atoms with Gasteiger partial charge >= 0.3 is 0 Å². The molecule has 0 unspecified atom stereocenters. The third-order valence-electron chi connectivity index (χ3n) is 5.01. The predicted molar refractivity (Wildman–Crippen MR) is 101 cm³/mol. The van der Waals surface area contributed by atoms with Crippen LogP contribution < -0.4 is 0 Å². The number of hydrogen-bond acceptors (Lipinski definition) is 3. The van der Waals surface area contributed by atoms with Crippen molar-refractivity contribution in [1.29, 1.82) is 0 Å². The molecule has 0 amide bonds. The number of carbonyl (C=O) groups is 1. The standard InChI is InChI=1S/C21H28N2O/c1-22-12-6-14-23(16-15-22)13-5-4-9-21(24)20-11-10-18-7-2-3-8-19(18)17-20/h2-3,7-8,10-11,17H,4-6,9,12-16H2,1H3. The fourth-order valence-electron chi connectivity index (χ4n) is 3.45. The van der Waals surface area contributed by atoms with E-state index in [2.05, 4.69) is 35.0 Å². The zero-order chi connectivity index (χ0) is 16.8. The molecule has 3 rings (SSSR count). The lowest BCUT2D eigenvalue weighted by molar-refractivity contribution is 0.0978. The molecular weight excluding hydrogens is 296 g/mol. The van der Waals surface area contributed by atoms with Crippen LogP contribution in [0.2, 0.25) is 0 Å². The average Bonchev–Trinajstić information content (AvgIpc) is 2.82. The summed E-state index contributed by atoms with van der Waals surface area (Å²) in [6, 6.07) is 14.3. The van der Waals surface area contributed by atoms with E-state index in [1.165, 1.54) is 24.9 Å². The van der Waals surface area contributed by atoms with Crippen molar-refractivity contribution < 1.29 is 4.79 Å². The molecule has 0 bridgehead atoms. The lowest BCUT2D eigenvalue weighted by Gasteiger charge is -2.19. The quantitative estimate of drug-likeness (QED) is 0.596. The van der Waals surface area contributed by atoms with E-state index in [9.17, 15) is 4.79 Å². The van der Waals surface area contributed by atoms with Gasteiger partial charge in [0.15, 0.2) is 5.78 Å². The Labute approximate surface area is 145 Å². The van der Waals surface area contributed by atoms with Crippen LogP contribution in [0.4, 0.5) is 0 Å². The molecule has 3 nitrogen and oxygen atoms in total. The number of likely N-dealkylation sites (N-methyl/N-ethyl adjacent to an activating group) is 1. The maximum Gasteiger partial charge on any atom is 0.162 e. The second kappa shape index (κ2) is 8.41. The summed E-state index contributed by atoms with van der Waals surface area (Å²) in [5, 5.41) is 2.34. The number of Topliss-reactive ketones (excluding diaryl/α,β-unsaturated/α-hetero) is 1. The normalized spacial score (nSPS) is 17.0. The zero-order valence-corrected chi connectivity index (χ0v) is 14.7. The number of fused-ring (bicyclic) bond motifs is 1. The number of benzene rings is 2. The summed E-state index contributed by atoms with van der Waals surface area (Å²) < 4.78 is 0. The maximum atomic E-state index is 12.4. The molecule has 1 aliphatic heterocycles. The van der Waals surface area contributed by atoms with Crippen molar-refractivity contribution in [3.8, 4) is 0 Å². The number of hydrogen-bond donors (Lipinski definition) is 0. The number of nitrogens with zero attached hydrogens (tertiary/aromatic N) is 2. The van der Waals surface area contributed by atoms with Gasteiger partial charge in [-0.2, -0.15) is 0 Å². The summed E-state index contributed by atoms with van der Waals surface area (Å²) in [6.45, 7) is 5.85. The summed E-state index contributed by atoms with van der Waals surface area (Å²) in [5.74, 6) is 0.274. The Morgan fingerprint density at radius 2 is 1.79 bits per heavy atom. The Kier molecular flexibility index (Phi) is 6.00. The molecule has 0 aromatic heterocycles. The van der Waals surface area contributed by atoms with Gasteiger partial charge in [-0.05, 0) is 62.8 Å². The van der Waals surface area contributed by atoms with Gasteiger partial charge in [0.25, 0.3) is 0 Å². The average molecular weight is 324 g/mol. The lowest BCUT2D eigenvalue weighted by Crippen LogP contribution is -2.29. The van der Waals surface area contributed by atoms with E-state index in [1.54, 1.807) is 0 Å². The Bertz CT molecular complexity index is 682. The minimum absolute atomic E-state index is 0.274. The minimum atomic E-state index is 0.274. The van der Waals surface area contributed by atoms with Crippen LogP contribution in [-0.4, -0.2) is 55.4 Å². The van der Waals surface area contributed by atoms with Crippen molar-refractivity contribution in [3.05, 3.63) is 48.0 Å². The van der Waals surface area contributed by atoms with E-state index in [1.807, 2.05) is 24.3 Å². The Morgan fingerprint density at radius 1 is 0.958 bits per heavy atom. The molecule has 0 radical (unpaired) electrons. The molecule has 24 heavy (non-hydrogen) atoms. The van der Waals surface area contributed by atoms with Crippen molar-refractivity contribution in [2.45, 2.75) is 25.7 Å². The van der Waals surface area contributed by atoms with E-state index in [0.29, 0.717) is 6.42 Å². The second-order valence-corrected chi connectivity index (χ2v) is 6.94. The first kappa shape index (κ1) is 17.1. The maximum absolute atomic E-state index is 12.4. The minimum Gasteiger partial charge on any atom is -0.305 e. The Balaban J connectivity index is 1.45. The molecule has 1 heterocycles. The molecular formula is C21H28N2O. The van der Waals surface area contributed by atoms with E-state index in [-0.39, 0.29) is 5.78 Å². The van der Waals surface area contributed by atoms with Gasteiger partial charge in [-0.3, -0.25) is 4.79 Å². The first-order valence-electron chi connectivity index (χ1n) is 9.15. The number of unbranched alkanes of at least 4 members (excludes halogenated alkanes) is 1. The molecule has 1 saturated heterocycles. The van der Waals surface area contributed by atoms with Crippen LogP contribution in [0.25, 0.3) is 10.8 Å². The predicted octanol–water partition coefficient (Wildman–Crippen LogP) is 3.83. The largest absolute Gasteiger partial charge is 0.305 e. The fraction of sp³-hybridized carbons (Fsp3) is 0.476. The zero-order valence-electron chi connectivity index (χ0n) is 14.7. The third kappa shape index (κ3) is 4.65. The van der Waals surface area contributed by atoms with Gasteiger partial charge in [-0.15, -0.1) is 0 Å². The summed E-state index contributed by atoms with van der Waals surface area (Å²) in [7, 11) is 2.20. The SMILES string of the molecule is CN1CCCN(CCCCC(=O)c2ccc3ccccc3c2)CC1. The summed E-state index contributed by atoms with van der Waals surface area (Å²) in [4.78, 5) is 17.4. The lowest BCUT2D eigenvalue weighted by atomic mass is 10.0. The molecule has 0 saturated carbocycles. The van der Waals surface area contributed by atoms with Crippen LogP contribution in [0.1, 0.15) is 36.0 Å². The van der Waals surface area contributed by atoms with Crippen LogP contribution in [0.15, 0.2) is 42.5 Å². The molecule has 2 aromatic carbocycles. The highest BCUT2D eigenvalue weighted by Crippen LogP contribution is 2.17. The molecule has 3 heteroatoms. The fourth-order valence-corrected chi connectivity index (χ4v) is 3.45. The number of carbonyl (C=O) groups excluding carboxylic acids is 1. The van der Waals surface area contributed by atoms with Gasteiger partial charge < -0.3 is 9.80 Å². The molecule has 128 valence electrons. The van der Waals surface area contributed by atoms with Gasteiger partial charge in [0.1, 0.15) is 0 Å². The van der Waals surface area contributed by atoms with E-state index < -0.39 is 0 Å². The third-order valence-corrected chi connectivity index (χ3v) is 5.01. The van der Waals surface area contributed by atoms with Crippen molar-refractivity contribution in [2.24, 2.45) is 0 Å². The molecule has 1 fully saturated rings. The Hall–Kier alpha value is -1.71. The number of rotatable bonds is 6. The van der Waals surface area contributed by atoms with Crippen molar-refractivity contribution >= 4 is 16.6 Å². The molecule has 0 spiro atoms. The second-order valence-electron chi connectivity index (χ2n) is 6.94. The first-order valence-corrected chi connectivity index (χ1v) is 9.15. The highest BCUT2D eigenvalue weighted by Gasteiger charge is 2.12. The summed E-state index contributed by atoms with van der Waals surface area (Å²) in [5.41, 5.74) is 0.852. The van der Waals surface area contributed by atoms with Crippen LogP contribution in [0, 0.1) is 0 Å². The van der Waals surface area contributed by atoms with Gasteiger partial charge in [0.2, 0.25) is 0 Å². The van der Waals surface area contributed by atoms with Crippen molar-refractivity contribution in [1.82, 2.24) is 9.80 Å². The summed E-state index contributed by atoms with van der Waals surface area (Å²) >= 11 is 0. The number of ketones is 1. The molecule has 0 atom stereocenters. The first-order chi connectivity index (χ1) is 11.7. The molecule has 2 aromatic rings. The highest BCUT2D eigenvalue weighted by molar-refractivity contribution is 5.99. The van der Waals surface area contributed by atoms with Gasteiger partial charge in [-0.1, -0.05) is 36.4 Å². The van der Waals surface area contributed by atoms with Gasteiger partial charge in [0.05, 0.1) is 0 Å². The van der Waals surface area contributed by atoms with Gasteiger partial charge in [0, 0.05) is 25.1 Å². The van der Waals surface area contributed by atoms with Crippen molar-refractivity contribution in [2.75, 3.05) is 39.8 Å². The van der Waals surface area contributed by atoms with Gasteiger partial charge in [-0.25, -0.2) is 0 Å². The smallest absolute Gasteiger partial charge is 0.162 e. The highest BCUT2D eigenvalue weighted by atomic mass is 16.1. The van der Waals surface area contributed by atoms with E-state index >= 15 is 0 Å². The monoisotopic (exact) mass is 324 g/mol. The van der Waals surface area contributed by atoms with Crippen molar-refractivity contribution in [3.63, 3.8) is 0 Å². The Morgan fingerprint density at radius 3 is 2.67 bits per heavy atom.